The van der Waals surface area contributed by atoms with E-state index in [2.05, 4.69) is 0 Å². The summed E-state index contributed by atoms with van der Waals surface area (Å²) in [6, 6.07) is 4.71. The highest BCUT2D eigenvalue weighted by atomic mass is 19.1. The van der Waals surface area contributed by atoms with Crippen LogP contribution in [0.1, 0.15) is 25.8 Å². The van der Waals surface area contributed by atoms with Crippen LogP contribution in [0.15, 0.2) is 18.2 Å². The molecule has 0 radical (unpaired) electrons. The van der Waals surface area contributed by atoms with E-state index in [0.29, 0.717) is 13.2 Å². The Bertz CT molecular complexity index is 437. The van der Waals surface area contributed by atoms with Gasteiger partial charge in [-0.3, -0.25) is 9.69 Å². The number of benzene rings is 1. The van der Waals surface area contributed by atoms with Gasteiger partial charge in [0.1, 0.15) is 0 Å². The highest BCUT2D eigenvalue weighted by molar-refractivity contribution is 5.67. The van der Waals surface area contributed by atoms with Gasteiger partial charge in [0.25, 0.3) is 0 Å². The van der Waals surface area contributed by atoms with E-state index in [1.165, 1.54) is 6.07 Å². The molecule has 1 N–H and O–H groups in total. The van der Waals surface area contributed by atoms with Gasteiger partial charge in [0, 0.05) is 12.6 Å². The average molecular weight is 269 g/mol. The minimum atomic E-state index is -0.836. The van der Waals surface area contributed by atoms with Crippen molar-refractivity contribution in [1.82, 2.24) is 4.90 Å². The number of carboxylic acids is 1. The van der Waals surface area contributed by atoms with E-state index in [1.54, 1.807) is 19.1 Å². The van der Waals surface area contributed by atoms with Crippen LogP contribution in [0.25, 0.3) is 0 Å². The smallest absolute Gasteiger partial charge is 0.304 e. The SMILES string of the molecule is CCOc1ccc(CN(C)C(C)CC(=O)O)cc1F. The average Bonchev–Trinajstić information content (AvgIpc) is 2.32. The molecule has 1 rings (SSSR count). The van der Waals surface area contributed by atoms with Crippen LogP contribution in [0.4, 0.5) is 4.39 Å². The van der Waals surface area contributed by atoms with Gasteiger partial charge >= 0.3 is 5.97 Å². The number of halogens is 1. The third-order valence-corrected chi connectivity index (χ3v) is 2.95. The van der Waals surface area contributed by atoms with Crippen molar-refractivity contribution < 1.29 is 19.0 Å². The first-order valence-electron chi connectivity index (χ1n) is 6.27. The molecule has 0 aromatic heterocycles. The van der Waals surface area contributed by atoms with Gasteiger partial charge in [-0.05, 0) is 38.6 Å². The predicted octanol–water partition coefficient (Wildman–Crippen LogP) is 2.52. The van der Waals surface area contributed by atoms with Crippen LogP contribution in [0, 0.1) is 5.82 Å². The summed E-state index contributed by atoms with van der Waals surface area (Å²) < 4.78 is 18.8. The van der Waals surface area contributed by atoms with Crippen LogP contribution < -0.4 is 4.74 Å². The Kier molecular flexibility index (Phi) is 5.76. The maximum absolute atomic E-state index is 13.7. The molecule has 0 aliphatic heterocycles. The third-order valence-electron chi connectivity index (χ3n) is 2.95. The molecule has 0 bridgehead atoms. The minimum Gasteiger partial charge on any atom is -0.491 e. The number of aliphatic carboxylic acids is 1. The lowest BCUT2D eigenvalue weighted by Crippen LogP contribution is -2.30. The summed E-state index contributed by atoms with van der Waals surface area (Å²) in [7, 11) is 1.82. The van der Waals surface area contributed by atoms with Gasteiger partial charge in [-0.2, -0.15) is 0 Å². The van der Waals surface area contributed by atoms with Gasteiger partial charge in [-0.25, -0.2) is 4.39 Å². The van der Waals surface area contributed by atoms with Crippen LogP contribution in [0.5, 0.6) is 5.75 Å². The molecule has 0 saturated carbocycles. The second kappa shape index (κ2) is 7.09. The largest absolute Gasteiger partial charge is 0.491 e. The number of nitrogens with zero attached hydrogens (tertiary/aromatic N) is 1. The molecule has 1 unspecified atom stereocenters. The monoisotopic (exact) mass is 269 g/mol. The van der Waals surface area contributed by atoms with E-state index in [1.807, 2.05) is 18.9 Å². The van der Waals surface area contributed by atoms with Crippen molar-refractivity contribution in [2.45, 2.75) is 32.9 Å². The normalized spacial score (nSPS) is 12.5. The van der Waals surface area contributed by atoms with Crippen molar-refractivity contribution in [1.29, 1.82) is 0 Å². The highest BCUT2D eigenvalue weighted by Gasteiger charge is 2.14. The molecule has 0 heterocycles. The quantitative estimate of drug-likeness (QED) is 0.826. The van der Waals surface area contributed by atoms with E-state index >= 15 is 0 Å². The molecular weight excluding hydrogens is 249 g/mol. The highest BCUT2D eigenvalue weighted by Crippen LogP contribution is 2.19. The van der Waals surface area contributed by atoms with Crippen molar-refractivity contribution in [2.75, 3.05) is 13.7 Å². The van der Waals surface area contributed by atoms with Crippen LogP contribution in [-0.4, -0.2) is 35.7 Å². The molecule has 19 heavy (non-hydrogen) atoms. The van der Waals surface area contributed by atoms with E-state index in [9.17, 15) is 9.18 Å². The molecule has 0 spiro atoms. The second-order valence-corrected chi connectivity index (χ2v) is 4.56. The standard InChI is InChI=1S/C14H20FNO3/c1-4-19-13-6-5-11(8-12(13)15)9-16(3)10(2)7-14(17)18/h5-6,8,10H,4,7,9H2,1-3H3,(H,17,18). The lowest BCUT2D eigenvalue weighted by Gasteiger charge is -2.23. The van der Waals surface area contributed by atoms with Crippen molar-refractivity contribution in [3.05, 3.63) is 29.6 Å². The third kappa shape index (κ3) is 4.87. The van der Waals surface area contributed by atoms with Crippen molar-refractivity contribution >= 4 is 5.97 Å². The fraction of sp³-hybridized carbons (Fsp3) is 0.500. The second-order valence-electron chi connectivity index (χ2n) is 4.56. The van der Waals surface area contributed by atoms with Gasteiger partial charge in [-0.15, -0.1) is 0 Å². The van der Waals surface area contributed by atoms with E-state index in [0.717, 1.165) is 5.56 Å². The minimum absolute atomic E-state index is 0.0655. The number of hydrogen-bond acceptors (Lipinski definition) is 3. The van der Waals surface area contributed by atoms with Gasteiger partial charge < -0.3 is 9.84 Å². The van der Waals surface area contributed by atoms with Crippen LogP contribution in [0.3, 0.4) is 0 Å². The lowest BCUT2D eigenvalue weighted by atomic mass is 10.1. The molecule has 4 nitrogen and oxygen atoms in total. The lowest BCUT2D eigenvalue weighted by molar-refractivity contribution is -0.138. The number of ether oxygens (including phenoxy) is 1. The van der Waals surface area contributed by atoms with Crippen LogP contribution in [0.2, 0.25) is 0 Å². The van der Waals surface area contributed by atoms with Gasteiger partial charge in [0.05, 0.1) is 13.0 Å². The molecule has 1 atom stereocenters. The first-order chi connectivity index (χ1) is 8.93. The zero-order valence-corrected chi connectivity index (χ0v) is 11.5. The number of rotatable bonds is 7. The van der Waals surface area contributed by atoms with Crippen molar-refractivity contribution in [2.24, 2.45) is 0 Å². The predicted molar refractivity (Wildman–Crippen MR) is 70.8 cm³/mol. The molecule has 106 valence electrons. The van der Waals surface area contributed by atoms with E-state index < -0.39 is 11.8 Å². The number of hydrogen-bond donors (Lipinski definition) is 1. The summed E-state index contributed by atoms with van der Waals surface area (Å²) in [4.78, 5) is 12.5. The first-order valence-corrected chi connectivity index (χ1v) is 6.27. The molecular formula is C14H20FNO3. The summed E-state index contributed by atoms with van der Waals surface area (Å²) >= 11 is 0. The Balaban J connectivity index is 2.66. The Hall–Kier alpha value is -1.62. The summed E-state index contributed by atoms with van der Waals surface area (Å²) in [5, 5.41) is 8.74. The van der Waals surface area contributed by atoms with E-state index in [-0.39, 0.29) is 18.2 Å². The summed E-state index contributed by atoms with van der Waals surface area (Å²) in [6.07, 6.45) is 0.0655. The molecule has 0 aliphatic carbocycles. The number of carbonyl (C=O) groups is 1. The summed E-state index contributed by atoms with van der Waals surface area (Å²) in [6.45, 7) is 4.55. The fourth-order valence-corrected chi connectivity index (χ4v) is 1.77. The maximum Gasteiger partial charge on any atom is 0.304 e. The van der Waals surface area contributed by atoms with Crippen molar-refractivity contribution in [3.63, 3.8) is 0 Å². The first kappa shape index (κ1) is 15.4. The summed E-state index contributed by atoms with van der Waals surface area (Å²) in [5.74, 6) is -0.983. The van der Waals surface area contributed by atoms with Crippen LogP contribution >= 0.6 is 0 Å². The van der Waals surface area contributed by atoms with Gasteiger partial charge in [0.2, 0.25) is 0 Å². The molecule has 0 amide bonds. The van der Waals surface area contributed by atoms with Crippen molar-refractivity contribution in [3.8, 4) is 5.75 Å². The fourth-order valence-electron chi connectivity index (χ4n) is 1.77. The Morgan fingerprint density at radius 3 is 2.74 bits per heavy atom. The van der Waals surface area contributed by atoms with Gasteiger partial charge in [0.15, 0.2) is 11.6 Å². The molecule has 0 saturated heterocycles. The zero-order valence-electron chi connectivity index (χ0n) is 11.5. The molecule has 1 aromatic rings. The molecule has 1 aromatic carbocycles. The van der Waals surface area contributed by atoms with Gasteiger partial charge in [-0.1, -0.05) is 6.07 Å². The summed E-state index contributed by atoms with van der Waals surface area (Å²) in [5.41, 5.74) is 0.792. The topological polar surface area (TPSA) is 49.8 Å². The van der Waals surface area contributed by atoms with E-state index in [4.69, 9.17) is 9.84 Å². The molecule has 0 aliphatic rings. The molecule has 0 fully saturated rings. The number of carboxylic acid groups (broad SMARTS) is 1. The molecule has 5 heteroatoms. The Morgan fingerprint density at radius 1 is 1.53 bits per heavy atom. The van der Waals surface area contributed by atoms with Crippen LogP contribution in [-0.2, 0) is 11.3 Å². The Morgan fingerprint density at radius 2 is 2.21 bits per heavy atom. The Labute approximate surface area is 112 Å². The maximum atomic E-state index is 13.7. The zero-order chi connectivity index (χ0) is 14.4.